The van der Waals surface area contributed by atoms with Crippen LogP contribution in [0.4, 0.5) is 0 Å². The first-order chi connectivity index (χ1) is 4.75. The maximum absolute atomic E-state index is 10.5. The molecule has 56 valence electrons. The highest BCUT2D eigenvalue weighted by atomic mass is 32.2. The van der Waals surface area contributed by atoms with E-state index in [1.807, 2.05) is 0 Å². The summed E-state index contributed by atoms with van der Waals surface area (Å²) in [4.78, 5) is 0.340. The highest BCUT2D eigenvalue weighted by molar-refractivity contribution is 7.79. The van der Waals surface area contributed by atoms with Crippen LogP contribution in [0.3, 0.4) is 0 Å². The molecule has 0 saturated carbocycles. The van der Waals surface area contributed by atoms with Crippen LogP contribution in [0.1, 0.15) is 0 Å². The van der Waals surface area contributed by atoms with Gasteiger partial charge in [0.25, 0.3) is 0 Å². The summed E-state index contributed by atoms with van der Waals surface area (Å²) in [6, 6.07) is 0. The van der Waals surface area contributed by atoms with Gasteiger partial charge in [-0.3, -0.25) is 0 Å². The van der Waals surface area contributed by atoms with Gasteiger partial charge in [-0.25, -0.2) is 4.21 Å². The van der Waals surface area contributed by atoms with Crippen LogP contribution in [-0.2, 0) is 11.1 Å². The quantitative estimate of drug-likeness (QED) is 0.695. The molecule has 0 saturated heterocycles. The van der Waals surface area contributed by atoms with Crippen molar-refractivity contribution in [2.75, 3.05) is 7.11 Å². The molecule has 1 heterocycles. The van der Waals surface area contributed by atoms with Gasteiger partial charge < -0.3 is 9.29 Å². The van der Waals surface area contributed by atoms with Gasteiger partial charge in [0, 0.05) is 10.8 Å². The lowest BCUT2D eigenvalue weighted by Crippen LogP contribution is -1.89. The molecule has 0 aromatic carbocycles. The van der Waals surface area contributed by atoms with E-state index < -0.39 is 11.1 Å². The van der Waals surface area contributed by atoms with Crippen LogP contribution in [-0.4, -0.2) is 15.9 Å². The van der Waals surface area contributed by atoms with Crippen LogP contribution in [0.5, 0.6) is 5.75 Å². The zero-order chi connectivity index (χ0) is 7.56. The van der Waals surface area contributed by atoms with Gasteiger partial charge >= 0.3 is 0 Å². The summed E-state index contributed by atoms with van der Waals surface area (Å²) in [6.07, 6.45) is 0. The molecule has 0 spiro atoms. The lowest BCUT2D eigenvalue weighted by atomic mass is 10.6. The van der Waals surface area contributed by atoms with Crippen molar-refractivity contribution in [2.24, 2.45) is 0 Å². The number of thiophene rings is 1. The van der Waals surface area contributed by atoms with Crippen LogP contribution >= 0.6 is 11.3 Å². The monoisotopic (exact) mass is 178 g/mol. The van der Waals surface area contributed by atoms with Gasteiger partial charge in [-0.1, -0.05) is 0 Å². The van der Waals surface area contributed by atoms with Crippen molar-refractivity contribution in [2.45, 2.75) is 4.90 Å². The van der Waals surface area contributed by atoms with Crippen LogP contribution in [0, 0.1) is 0 Å². The molecule has 1 aromatic heterocycles. The second kappa shape index (κ2) is 3.14. The summed E-state index contributed by atoms with van der Waals surface area (Å²) in [6.45, 7) is 0. The lowest BCUT2D eigenvalue weighted by Gasteiger charge is -1.95. The van der Waals surface area contributed by atoms with E-state index in [1.165, 1.54) is 18.4 Å². The Labute approximate surface area is 64.9 Å². The lowest BCUT2D eigenvalue weighted by molar-refractivity contribution is 0.404. The predicted octanol–water partition coefficient (Wildman–Crippen LogP) is 1.34. The van der Waals surface area contributed by atoms with Crippen molar-refractivity contribution in [3.63, 3.8) is 0 Å². The Bertz CT molecular complexity index is 243. The molecule has 0 bridgehead atoms. The van der Waals surface area contributed by atoms with E-state index in [4.69, 9.17) is 9.29 Å². The van der Waals surface area contributed by atoms with Crippen molar-refractivity contribution in [1.29, 1.82) is 0 Å². The summed E-state index contributed by atoms with van der Waals surface area (Å²) in [5.41, 5.74) is 0. The van der Waals surface area contributed by atoms with Gasteiger partial charge in [-0.2, -0.15) is 0 Å². The van der Waals surface area contributed by atoms with E-state index >= 15 is 0 Å². The summed E-state index contributed by atoms with van der Waals surface area (Å²) in [7, 11) is 1.47. The maximum atomic E-state index is 10.5. The summed E-state index contributed by atoms with van der Waals surface area (Å²) in [5, 5.41) is 3.28. The number of methoxy groups -OCH3 is 1. The van der Waals surface area contributed by atoms with Crippen molar-refractivity contribution in [3.05, 3.63) is 10.8 Å². The van der Waals surface area contributed by atoms with E-state index in [0.717, 1.165) is 0 Å². The average molecular weight is 178 g/mol. The molecular weight excluding hydrogens is 172 g/mol. The molecule has 0 amide bonds. The molecule has 1 atom stereocenters. The Balaban J connectivity index is 3.01. The Hall–Kier alpha value is -0.390. The van der Waals surface area contributed by atoms with Crippen molar-refractivity contribution in [1.82, 2.24) is 0 Å². The molecule has 1 aromatic rings. The van der Waals surface area contributed by atoms with Gasteiger partial charge in [-0.15, -0.1) is 11.3 Å². The Morgan fingerprint density at radius 2 is 2.40 bits per heavy atom. The molecule has 1 N–H and O–H groups in total. The molecule has 0 aliphatic rings. The second-order valence-electron chi connectivity index (χ2n) is 1.55. The number of hydrogen-bond acceptors (Lipinski definition) is 3. The topological polar surface area (TPSA) is 46.5 Å². The highest BCUT2D eigenvalue weighted by Crippen LogP contribution is 2.25. The largest absolute Gasteiger partial charge is 0.495 e. The number of hydrogen-bond donors (Lipinski definition) is 1. The molecule has 1 unspecified atom stereocenters. The fourth-order valence-electron chi connectivity index (χ4n) is 0.550. The first-order valence-corrected chi connectivity index (χ1v) is 4.51. The third-order valence-electron chi connectivity index (χ3n) is 1.00. The van der Waals surface area contributed by atoms with Gasteiger partial charge in [0.1, 0.15) is 10.6 Å². The van der Waals surface area contributed by atoms with E-state index in [9.17, 15) is 4.21 Å². The first kappa shape index (κ1) is 7.71. The first-order valence-electron chi connectivity index (χ1n) is 2.46. The molecular formula is C5H6O3S2. The fourth-order valence-corrected chi connectivity index (χ4v) is 2.09. The molecule has 0 aliphatic heterocycles. The molecule has 0 radical (unpaired) electrons. The van der Waals surface area contributed by atoms with E-state index in [2.05, 4.69) is 0 Å². The summed E-state index contributed by atoms with van der Waals surface area (Å²) in [5.74, 6) is 0.478. The minimum atomic E-state index is -1.92. The van der Waals surface area contributed by atoms with E-state index in [1.54, 1.807) is 10.8 Å². The second-order valence-corrected chi connectivity index (χ2v) is 3.24. The number of ether oxygens (including phenoxy) is 1. The van der Waals surface area contributed by atoms with Crippen LogP contribution in [0.15, 0.2) is 15.7 Å². The molecule has 0 aliphatic carbocycles. The third-order valence-corrected chi connectivity index (χ3v) is 2.57. The normalized spacial score (nSPS) is 13.0. The van der Waals surface area contributed by atoms with Gasteiger partial charge in [-0.05, 0) is 0 Å². The minimum absolute atomic E-state index is 0.340. The predicted molar refractivity (Wildman–Crippen MR) is 39.9 cm³/mol. The summed E-state index contributed by atoms with van der Waals surface area (Å²) >= 11 is -0.583. The smallest absolute Gasteiger partial charge is 0.191 e. The van der Waals surface area contributed by atoms with Gasteiger partial charge in [0.05, 0.1) is 7.11 Å². The zero-order valence-corrected chi connectivity index (χ0v) is 6.87. The Morgan fingerprint density at radius 1 is 1.70 bits per heavy atom. The van der Waals surface area contributed by atoms with Crippen molar-refractivity contribution in [3.8, 4) is 5.75 Å². The van der Waals surface area contributed by atoms with E-state index in [-0.39, 0.29) is 0 Å². The molecule has 3 nitrogen and oxygen atoms in total. The Kier molecular flexibility index (Phi) is 2.42. The Morgan fingerprint density at radius 3 is 2.80 bits per heavy atom. The van der Waals surface area contributed by atoms with Crippen molar-refractivity contribution >= 4 is 22.4 Å². The SMILES string of the molecule is COc1cscc1S(=O)O. The van der Waals surface area contributed by atoms with Crippen LogP contribution in [0.25, 0.3) is 0 Å². The summed E-state index contributed by atoms with van der Waals surface area (Å²) < 4.78 is 23.9. The molecule has 5 heteroatoms. The molecule has 1 rings (SSSR count). The number of rotatable bonds is 2. The van der Waals surface area contributed by atoms with E-state index in [0.29, 0.717) is 10.6 Å². The van der Waals surface area contributed by atoms with Gasteiger partial charge in [0.15, 0.2) is 11.1 Å². The zero-order valence-electron chi connectivity index (χ0n) is 5.23. The molecule has 0 fully saturated rings. The highest BCUT2D eigenvalue weighted by Gasteiger charge is 2.07. The minimum Gasteiger partial charge on any atom is -0.495 e. The van der Waals surface area contributed by atoms with Crippen molar-refractivity contribution < 1.29 is 13.5 Å². The fraction of sp³-hybridized carbons (Fsp3) is 0.200. The third kappa shape index (κ3) is 1.36. The molecule has 10 heavy (non-hydrogen) atoms. The average Bonchev–Trinajstić information content (AvgIpc) is 2.33. The van der Waals surface area contributed by atoms with Gasteiger partial charge in [0.2, 0.25) is 0 Å². The van der Waals surface area contributed by atoms with Crippen LogP contribution < -0.4 is 4.74 Å². The van der Waals surface area contributed by atoms with Crippen LogP contribution in [0.2, 0.25) is 0 Å². The maximum Gasteiger partial charge on any atom is 0.191 e. The standard InChI is InChI=1S/C5H6O3S2/c1-8-4-2-9-3-5(4)10(6)7/h2-3H,1H3,(H,6,7).